The smallest absolute Gasteiger partial charge is 0.163 e. The number of Topliss-reactive ketones (excluding diaryl/α,β-unsaturated/α-hetero) is 1. The summed E-state index contributed by atoms with van der Waals surface area (Å²) < 4.78 is 13.4. The minimum atomic E-state index is -0.409. The molecular formula is C15H11Cl2FO. The molecule has 2 aromatic carbocycles. The molecule has 0 saturated heterocycles. The van der Waals surface area contributed by atoms with Gasteiger partial charge in [-0.05, 0) is 35.9 Å². The zero-order chi connectivity index (χ0) is 14.0. The van der Waals surface area contributed by atoms with Crippen molar-refractivity contribution in [3.63, 3.8) is 0 Å². The van der Waals surface area contributed by atoms with E-state index in [4.69, 9.17) is 23.2 Å². The molecule has 0 aliphatic carbocycles. The second-order valence-corrected chi connectivity index (χ2v) is 4.93. The molecule has 0 spiro atoms. The van der Waals surface area contributed by atoms with Gasteiger partial charge in [0, 0.05) is 27.6 Å². The first kappa shape index (κ1) is 14.0. The Labute approximate surface area is 121 Å². The van der Waals surface area contributed by atoms with E-state index in [1.165, 1.54) is 18.2 Å². The van der Waals surface area contributed by atoms with E-state index in [0.717, 1.165) is 0 Å². The van der Waals surface area contributed by atoms with Crippen molar-refractivity contribution in [3.05, 3.63) is 57.8 Å². The standard InChI is InChI=1S/C15H11Cl2FO/c1-2-15(19)12-6-4-10(18)8-13(12)11-5-3-9(16)7-14(11)17/h3-8H,2H2,1H3. The summed E-state index contributed by atoms with van der Waals surface area (Å²) in [7, 11) is 0. The highest BCUT2D eigenvalue weighted by atomic mass is 35.5. The van der Waals surface area contributed by atoms with Gasteiger partial charge in [-0.25, -0.2) is 4.39 Å². The Kier molecular flexibility index (Phi) is 4.23. The normalized spacial score (nSPS) is 10.5. The Hall–Kier alpha value is -1.38. The van der Waals surface area contributed by atoms with Gasteiger partial charge in [0.05, 0.1) is 0 Å². The molecule has 0 fully saturated rings. The predicted octanol–water partition coefficient (Wildman–Crippen LogP) is 5.39. The molecule has 0 bridgehead atoms. The molecule has 0 radical (unpaired) electrons. The highest BCUT2D eigenvalue weighted by Crippen LogP contribution is 2.33. The second kappa shape index (κ2) is 5.72. The zero-order valence-electron chi connectivity index (χ0n) is 10.2. The fourth-order valence-electron chi connectivity index (χ4n) is 1.88. The van der Waals surface area contributed by atoms with Crippen LogP contribution in [0.2, 0.25) is 10.0 Å². The van der Waals surface area contributed by atoms with Gasteiger partial charge in [-0.1, -0.05) is 36.2 Å². The molecule has 1 nitrogen and oxygen atoms in total. The molecule has 98 valence electrons. The number of ketones is 1. The molecule has 0 atom stereocenters. The van der Waals surface area contributed by atoms with E-state index in [0.29, 0.717) is 33.2 Å². The van der Waals surface area contributed by atoms with Gasteiger partial charge in [0.15, 0.2) is 5.78 Å². The summed E-state index contributed by atoms with van der Waals surface area (Å²) in [6.45, 7) is 1.76. The van der Waals surface area contributed by atoms with Crippen LogP contribution in [0.25, 0.3) is 11.1 Å². The third kappa shape index (κ3) is 2.96. The summed E-state index contributed by atoms with van der Waals surface area (Å²) in [5, 5.41) is 0.886. The molecule has 0 heterocycles. The van der Waals surface area contributed by atoms with E-state index in [-0.39, 0.29) is 5.78 Å². The number of rotatable bonds is 3. The summed E-state index contributed by atoms with van der Waals surface area (Å²) in [4.78, 5) is 11.9. The van der Waals surface area contributed by atoms with Crippen molar-refractivity contribution in [1.82, 2.24) is 0 Å². The lowest BCUT2D eigenvalue weighted by Crippen LogP contribution is -2.00. The van der Waals surface area contributed by atoms with Crippen LogP contribution in [0.5, 0.6) is 0 Å². The minimum absolute atomic E-state index is 0.0546. The van der Waals surface area contributed by atoms with Crippen LogP contribution in [-0.4, -0.2) is 5.78 Å². The quantitative estimate of drug-likeness (QED) is 0.694. The number of benzene rings is 2. The van der Waals surface area contributed by atoms with Gasteiger partial charge in [0.25, 0.3) is 0 Å². The van der Waals surface area contributed by atoms with Crippen molar-refractivity contribution in [3.8, 4) is 11.1 Å². The Morgan fingerprint density at radius 1 is 1.11 bits per heavy atom. The van der Waals surface area contributed by atoms with E-state index in [1.807, 2.05) is 0 Å². The monoisotopic (exact) mass is 296 g/mol. The molecule has 0 unspecified atom stereocenters. The van der Waals surface area contributed by atoms with Gasteiger partial charge in [-0.2, -0.15) is 0 Å². The van der Waals surface area contributed by atoms with Crippen molar-refractivity contribution in [1.29, 1.82) is 0 Å². The van der Waals surface area contributed by atoms with Crippen LogP contribution in [0.1, 0.15) is 23.7 Å². The van der Waals surface area contributed by atoms with Crippen LogP contribution in [0.15, 0.2) is 36.4 Å². The van der Waals surface area contributed by atoms with Gasteiger partial charge < -0.3 is 0 Å². The van der Waals surface area contributed by atoms with Gasteiger partial charge in [0.2, 0.25) is 0 Å². The summed E-state index contributed by atoms with van der Waals surface area (Å²) >= 11 is 12.0. The lowest BCUT2D eigenvalue weighted by molar-refractivity contribution is 0.0989. The zero-order valence-corrected chi connectivity index (χ0v) is 11.7. The third-order valence-corrected chi connectivity index (χ3v) is 3.37. The van der Waals surface area contributed by atoms with Crippen LogP contribution in [0.4, 0.5) is 4.39 Å². The maximum Gasteiger partial charge on any atom is 0.163 e. The van der Waals surface area contributed by atoms with E-state index in [1.54, 1.807) is 25.1 Å². The number of hydrogen-bond acceptors (Lipinski definition) is 1. The largest absolute Gasteiger partial charge is 0.294 e. The van der Waals surface area contributed by atoms with Gasteiger partial charge in [-0.3, -0.25) is 4.79 Å². The predicted molar refractivity (Wildman–Crippen MR) is 76.5 cm³/mol. The first-order chi connectivity index (χ1) is 9.02. The van der Waals surface area contributed by atoms with Gasteiger partial charge in [0.1, 0.15) is 5.82 Å². The molecule has 0 aliphatic rings. The lowest BCUT2D eigenvalue weighted by atomic mass is 9.96. The highest BCUT2D eigenvalue weighted by Gasteiger charge is 2.14. The molecule has 2 rings (SSSR count). The summed E-state index contributed by atoms with van der Waals surface area (Å²) in [6, 6.07) is 9.00. The fraction of sp³-hybridized carbons (Fsp3) is 0.133. The Morgan fingerprint density at radius 3 is 2.47 bits per heavy atom. The molecule has 19 heavy (non-hydrogen) atoms. The molecule has 0 amide bonds. The van der Waals surface area contributed by atoms with Crippen molar-refractivity contribution >= 4 is 29.0 Å². The highest BCUT2D eigenvalue weighted by molar-refractivity contribution is 6.36. The van der Waals surface area contributed by atoms with Gasteiger partial charge >= 0.3 is 0 Å². The number of carbonyl (C=O) groups is 1. The van der Waals surface area contributed by atoms with Crippen molar-refractivity contribution in [2.45, 2.75) is 13.3 Å². The van der Waals surface area contributed by atoms with E-state index in [2.05, 4.69) is 0 Å². The summed E-state index contributed by atoms with van der Waals surface area (Å²) in [6.07, 6.45) is 0.351. The first-order valence-electron chi connectivity index (χ1n) is 5.81. The van der Waals surface area contributed by atoms with Crippen LogP contribution in [0.3, 0.4) is 0 Å². The summed E-state index contributed by atoms with van der Waals surface area (Å²) in [5.41, 5.74) is 1.56. The SMILES string of the molecule is CCC(=O)c1ccc(F)cc1-c1ccc(Cl)cc1Cl. The maximum absolute atomic E-state index is 13.4. The second-order valence-electron chi connectivity index (χ2n) is 4.09. The van der Waals surface area contributed by atoms with Crippen LogP contribution < -0.4 is 0 Å². The van der Waals surface area contributed by atoms with Crippen molar-refractivity contribution in [2.75, 3.05) is 0 Å². The Balaban J connectivity index is 2.66. The average Bonchev–Trinajstić information content (AvgIpc) is 2.38. The number of carbonyl (C=O) groups excluding carboxylic acids is 1. The van der Waals surface area contributed by atoms with Gasteiger partial charge in [-0.15, -0.1) is 0 Å². The van der Waals surface area contributed by atoms with E-state index < -0.39 is 5.82 Å². The van der Waals surface area contributed by atoms with E-state index >= 15 is 0 Å². The Morgan fingerprint density at radius 2 is 1.84 bits per heavy atom. The Bertz CT molecular complexity index is 638. The van der Waals surface area contributed by atoms with Crippen LogP contribution in [-0.2, 0) is 0 Å². The molecule has 4 heteroatoms. The third-order valence-electron chi connectivity index (χ3n) is 2.82. The van der Waals surface area contributed by atoms with Crippen molar-refractivity contribution in [2.24, 2.45) is 0 Å². The molecule has 0 aliphatic heterocycles. The molecular weight excluding hydrogens is 286 g/mol. The van der Waals surface area contributed by atoms with E-state index in [9.17, 15) is 9.18 Å². The molecule has 0 aromatic heterocycles. The minimum Gasteiger partial charge on any atom is -0.294 e. The number of hydrogen-bond donors (Lipinski definition) is 0. The van der Waals surface area contributed by atoms with Crippen molar-refractivity contribution < 1.29 is 9.18 Å². The summed E-state index contributed by atoms with van der Waals surface area (Å²) in [5.74, 6) is -0.463. The molecule has 0 N–H and O–H groups in total. The van der Waals surface area contributed by atoms with Crippen LogP contribution >= 0.6 is 23.2 Å². The fourth-order valence-corrected chi connectivity index (χ4v) is 2.39. The van der Waals surface area contributed by atoms with Crippen LogP contribution in [0, 0.1) is 5.82 Å². The number of halogens is 3. The topological polar surface area (TPSA) is 17.1 Å². The molecule has 0 saturated carbocycles. The first-order valence-corrected chi connectivity index (χ1v) is 6.56. The lowest BCUT2D eigenvalue weighted by Gasteiger charge is -2.10. The maximum atomic E-state index is 13.4. The average molecular weight is 297 g/mol. The molecule has 2 aromatic rings.